The first-order valence-electron chi connectivity index (χ1n) is 10.9. The predicted molar refractivity (Wildman–Crippen MR) is 131 cm³/mol. The van der Waals surface area contributed by atoms with Gasteiger partial charge in [-0.1, -0.05) is 37.8 Å². The SMILES string of the molecule is CCC(C)N1C(=O)/C(=C/c2c(C)c(C#N)c(=O)n(CC)c2N2CCCC(C)C2)SC1=S. The third-order valence-corrected chi connectivity index (χ3v) is 7.58. The molecule has 8 heteroatoms. The number of aromatic nitrogens is 1. The molecule has 6 nitrogen and oxygen atoms in total. The lowest BCUT2D eigenvalue weighted by Crippen LogP contribution is -2.40. The van der Waals surface area contributed by atoms with E-state index in [0.717, 1.165) is 43.7 Å². The molecule has 0 spiro atoms. The van der Waals surface area contributed by atoms with Crippen molar-refractivity contribution >= 4 is 46.1 Å². The van der Waals surface area contributed by atoms with E-state index in [-0.39, 0.29) is 23.1 Å². The average molecular weight is 459 g/mol. The number of nitrogens with zero attached hydrogens (tertiary/aromatic N) is 4. The summed E-state index contributed by atoms with van der Waals surface area (Å²) in [5, 5.41) is 9.69. The number of hydrogen-bond acceptors (Lipinski definition) is 6. The molecule has 2 aliphatic heterocycles. The van der Waals surface area contributed by atoms with Gasteiger partial charge in [0.15, 0.2) is 0 Å². The second kappa shape index (κ2) is 9.58. The van der Waals surface area contributed by atoms with Crippen molar-refractivity contribution < 1.29 is 4.79 Å². The van der Waals surface area contributed by atoms with E-state index in [0.29, 0.717) is 27.3 Å². The third-order valence-electron chi connectivity index (χ3n) is 6.25. The number of pyridine rings is 1. The zero-order valence-electron chi connectivity index (χ0n) is 18.9. The van der Waals surface area contributed by atoms with Gasteiger partial charge in [0.1, 0.15) is 21.8 Å². The maximum atomic E-state index is 13.1. The molecule has 1 amide bonds. The second-order valence-corrected chi connectivity index (χ2v) is 10.1. The van der Waals surface area contributed by atoms with Crippen LogP contribution in [0.3, 0.4) is 0 Å². The van der Waals surface area contributed by atoms with Crippen LogP contribution in [0.15, 0.2) is 9.70 Å². The summed E-state index contributed by atoms with van der Waals surface area (Å²) in [7, 11) is 0. The van der Waals surface area contributed by atoms with Crippen molar-refractivity contribution in [1.82, 2.24) is 9.47 Å². The number of anilines is 1. The highest BCUT2D eigenvalue weighted by atomic mass is 32.2. The molecule has 2 unspecified atom stereocenters. The molecule has 2 aliphatic rings. The highest BCUT2D eigenvalue weighted by Gasteiger charge is 2.35. The Hall–Kier alpha value is -2.11. The Bertz CT molecular complexity index is 1040. The summed E-state index contributed by atoms with van der Waals surface area (Å²) in [5.74, 6) is 1.22. The largest absolute Gasteiger partial charge is 0.357 e. The van der Waals surface area contributed by atoms with E-state index in [1.54, 1.807) is 16.4 Å². The van der Waals surface area contributed by atoms with E-state index in [4.69, 9.17) is 12.2 Å². The fourth-order valence-electron chi connectivity index (χ4n) is 4.33. The van der Waals surface area contributed by atoms with Crippen molar-refractivity contribution in [1.29, 1.82) is 5.26 Å². The van der Waals surface area contributed by atoms with Gasteiger partial charge in [0.2, 0.25) is 0 Å². The Morgan fingerprint density at radius 2 is 2.06 bits per heavy atom. The normalized spacial score (nSPS) is 21.7. The first-order valence-corrected chi connectivity index (χ1v) is 12.2. The molecule has 0 radical (unpaired) electrons. The Balaban J connectivity index is 2.23. The first kappa shape index (κ1) is 23.6. The van der Waals surface area contributed by atoms with Crippen LogP contribution in [0.4, 0.5) is 5.82 Å². The number of carbonyl (C=O) groups excluding carboxylic acids is 1. The molecular weight excluding hydrogens is 428 g/mol. The van der Waals surface area contributed by atoms with E-state index in [1.165, 1.54) is 11.8 Å². The topological polar surface area (TPSA) is 69.3 Å². The lowest BCUT2D eigenvalue weighted by atomic mass is 9.98. The van der Waals surface area contributed by atoms with Crippen molar-refractivity contribution in [3.05, 3.63) is 31.9 Å². The van der Waals surface area contributed by atoms with Gasteiger partial charge >= 0.3 is 0 Å². The molecule has 2 atom stereocenters. The number of amides is 1. The van der Waals surface area contributed by atoms with Crippen LogP contribution in [0, 0.1) is 24.2 Å². The molecular formula is C23H30N4O2S2. The molecule has 1 aromatic heterocycles. The van der Waals surface area contributed by atoms with Crippen molar-refractivity contribution in [3.8, 4) is 6.07 Å². The van der Waals surface area contributed by atoms with Crippen molar-refractivity contribution in [2.75, 3.05) is 18.0 Å². The van der Waals surface area contributed by atoms with Gasteiger partial charge < -0.3 is 4.90 Å². The van der Waals surface area contributed by atoms with Crippen molar-refractivity contribution in [2.24, 2.45) is 5.92 Å². The monoisotopic (exact) mass is 458 g/mol. The van der Waals surface area contributed by atoms with Crippen LogP contribution in [-0.4, -0.2) is 38.8 Å². The summed E-state index contributed by atoms with van der Waals surface area (Å²) in [4.78, 5) is 30.7. The minimum Gasteiger partial charge on any atom is -0.357 e. The Morgan fingerprint density at radius 3 is 2.65 bits per heavy atom. The maximum Gasteiger partial charge on any atom is 0.270 e. The highest BCUT2D eigenvalue weighted by molar-refractivity contribution is 8.26. The average Bonchev–Trinajstić information content (AvgIpc) is 3.02. The van der Waals surface area contributed by atoms with Crippen LogP contribution < -0.4 is 10.5 Å². The molecule has 3 heterocycles. The van der Waals surface area contributed by atoms with Crippen LogP contribution in [0.5, 0.6) is 0 Å². The Kier molecular flexibility index (Phi) is 7.28. The van der Waals surface area contributed by atoms with Gasteiger partial charge in [-0.25, -0.2) is 0 Å². The lowest BCUT2D eigenvalue weighted by molar-refractivity contribution is -0.123. The zero-order valence-corrected chi connectivity index (χ0v) is 20.5. The summed E-state index contributed by atoms with van der Waals surface area (Å²) in [6, 6.07) is 2.12. The van der Waals surface area contributed by atoms with Gasteiger partial charge in [0, 0.05) is 31.2 Å². The molecule has 2 saturated heterocycles. The number of piperidine rings is 1. The van der Waals surface area contributed by atoms with E-state index in [2.05, 4.69) is 17.9 Å². The highest BCUT2D eigenvalue weighted by Crippen LogP contribution is 2.37. The minimum absolute atomic E-state index is 0.0289. The van der Waals surface area contributed by atoms with E-state index < -0.39 is 0 Å². The lowest BCUT2D eigenvalue weighted by Gasteiger charge is -2.35. The fourth-order valence-corrected chi connectivity index (χ4v) is 5.78. The first-order chi connectivity index (χ1) is 14.7. The van der Waals surface area contributed by atoms with E-state index in [1.807, 2.05) is 26.8 Å². The summed E-state index contributed by atoms with van der Waals surface area (Å²) < 4.78 is 2.24. The Labute approximate surface area is 193 Å². The van der Waals surface area contributed by atoms with Crippen LogP contribution in [0.25, 0.3) is 6.08 Å². The number of nitriles is 1. The molecule has 3 rings (SSSR count). The van der Waals surface area contributed by atoms with Gasteiger partial charge in [-0.3, -0.25) is 19.1 Å². The number of rotatable bonds is 5. The van der Waals surface area contributed by atoms with Crippen molar-refractivity contribution in [2.45, 2.75) is 66.5 Å². The van der Waals surface area contributed by atoms with Gasteiger partial charge in [-0.2, -0.15) is 5.26 Å². The Morgan fingerprint density at radius 1 is 1.35 bits per heavy atom. The second-order valence-electron chi connectivity index (χ2n) is 8.40. The smallest absolute Gasteiger partial charge is 0.270 e. The van der Waals surface area contributed by atoms with Crippen LogP contribution >= 0.6 is 24.0 Å². The van der Waals surface area contributed by atoms with Crippen LogP contribution in [0.1, 0.15) is 63.6 Å². The molecule has 0 bridgehead atoms. The molecule has 0 aromatic carbocycles. The van der Waals surface area contributed by atoms with E-state index >= 15 is 0 Å². The summed E-state index contributed by atoms with van der Waals surface area (Å²) in [5.41, 5.74) is 1.27. The third kappa shape index (κ3) is 4.31. The number of thiocarbonyl (C=S) groups is 1. The molecule has 166 valence electrons. The maximum absolute atomic E-state index is 13.1. The van der Waals surface area contributed by atoms with Gasteiger partial charge in [-0.05, 0) is 57.6 Å². The fraction of sp³-hybridized carbons (Fsp3) is 0.565. The summed E-state index contributed by atoms with van der Waals surface area (Å²) in [6.45, 7) is 12.1. The van der Waals surface area contributed by atoms with Crippen molar-refractivity contribution in [3.63, 3.8) is 0 Å². The quantitative estimate of drug-likeness (QED) is 0.484. The number of hydrogen-bond donors (Lipinski definition) is 0. The molecule has 0 saturated carbocycles. The summed E-state index contributed by atoms with van der Waals surface area (Å²) >= 11 is 6.78. The standard InChI is InChI=1S/C23H30N4O2S2/c1-6-15(4)27-22(29)19(31-23(27)30)11-17-16(5)18(12-24)21(28)26(7-2)20(17)25-10-8-9-14(3)13-25/h11,14-15H,6-10,13H2,1-5H3/b19-11-. The van der Waals surface area contributed by atoms with Crippen LogP contribution in [0.2, 0.25) is 0 Å². The zero-order chi connectivity index (χ0) is 22.9. The molecule has 31 heavy (non-hydrogen) atoms. The molecule has 0 aliphatic carbocycles. The summed E-state index contributed by atoms with van der Waals surface area (Å²) in [6.07, 6.45) is 4.87. The number of carbonyl (C=O) groups is 1. The number of thioether (sulfide) groups is 1. The van der Waals surface area contributed by atoms with Gasteiger partial charge in [0.05, 0.1) is 4.91 Å². The molecule has 1 aromatic rings. The van der Waals surface area contributed by atoms with Gasteiger partial charge in [-0.15, -0.1) is 0 Å². The molecule has 2 fully saturated rings. The van der Waals surface area contributed by atoms with E-state index in [9.17, 15) is 14.9 Å². The molecule has 0 N–H and O–H groups in total. The predicted octanol–water partition coefficient (Wildman–Crippen LogP) is 4.28. The minimum atomic E-state index is -0.264. The van der Waals surface area contributed by atoms with Gasteiger partial charge in [0.25, 0.3) is 11.5 Å². The van der Waals surface area contributed by atoms with Crippen LogP contribution in [-0.2, 0) is 11.3 Å².